The molecule has 1 aromatic heterocycles. The first-order valence-electron chi connectivity index (χ1n) is 8.72. The number of carbonyl (C=O) groups excluding carboxylic acids is 1. The van der Waals surface area contributed by atoms with E-state index in [4.69, 9.17) is 4.99 Å². The van der Waals surface area contributed by atoms with Crippen molar-refractivity contribution in [3.05, 3.63) is 18.0 Å². The number of rotatable bonds is 7. The Morgan fingerprint density at radius 2 is 2.33 bits per heavy atom. The van der Waals surface area contributed by atoms with Crippen molar-refractivity contribution in [1.29, 1.82) is 0 Å². The summed E-state index contributed by atoms with van der Waals surface area (Å²) in [6, 6.07) is 0. The number of guanidine groups is 1. The molecule has 7 nitrogen and oxygen atoms in total. The molecule has 1 saturated heterocycles. The van der Waals surface area contributed by atoms with Gasteiger partial charge in [-0.15, -0.1) is 0 Å². The third-order valence-corrected chi connectivity index (χ3v) is 4.30. The van der Waals surface area contributed by atoms with Gasteiger partial charge in [-0.05, 0) is 31.7 Å². The highest BCUT2D eigenvalue weighted by molar-refractivity contribution is 5.80. The highest BCUT2D eigenvalue weighted by atomic mass is 16.5. The van der Waals surface area contributed by atoms with E-state index in [0.29, 0.717) is 12.3 Å². The second-order valence-electron chi connectivity index (χ2n) is 6.15. The number of hydrogen-bond acceptors (Lipinski definition) is 4. The summed E-state index contributed by atoms with van der Waals surface area (Å²) in [4.78, 5) is 18.1. The Bertz CT molecular complexity index is 555. The molecule has 1 aliphatic rings. The second-order valence-corrected chi connectivity index (χ2v) is 6.15. The highest BCUT2D eigenvalue weighted by Gasteiger charge is 2.26. The number of unbranched alkanes of at least 4 members (excludes halogenated alkanes) is 1. The topological polar surface area (TPSA) is 71.8 Å². The molecule has 1 N–H and O–H groups in total. The molecule has 1 unspecified atom stereocenters. The van der Waals surface area contributed by atoms with Crippen molar-refractivity contribution in [2.75, 3.05) is 33.3 Å². The van der Waals surface area contributed by atoms with E-state index in [1.165, 1.54) is 12.7 Å². The van der Waals surface area contributed by atoms with Gasteiger partial charge in [0, 0.05) is 51.8 Å². The summed E-state index contributed by atoms with van der Waals surface area (Å²) in [6.45, 7) is 5.65. The first-order chi connectivity index (χ1) is 11.6. The quantitative estimate of drug-likeness (QED) is 0.354. The van der Waals surface area contributed by atoms with Crippen molar-refractivity contribution >= 4 is 11.9 Å². The van der Waals surface area contributed by atoms with E-state index < -0.39 is 0 Å². The maximum absolute atomic E-state index is 11.1. The van der Waals surface area contributed by atoms with Gasteiger partial charge in [0.2, 0.25) is 0 Å². The zero-order valence-corrected chi connectivity index (χ0v) is 15.0. The molecular formula is C17H29N5O2. The third kappa shape index (κ3) is 5.25. The van der Waals surface area contributed by atoms with E-state index in [0.717, 1.165) is 51.4 Å². The molecule has 0 aromatic carbocycles. The zero-order chi connectivity index (χ0) is 17.4. The molecule has 24 heavy (non-hydrogen) atoms. The van der Waals surface area contributed by atoms with Crippen LogP contribution in [-0.4, -0.2) is 59.9 Å². The summed E-state index contributed by atoms with van der Waals surface area (Å²) in [5, 5.41) is 7.65. The van der Waals surface area contributed by atoms with Crippen LogP contribution in [0.5, 0.6) is 0 Å². The molecule has 2 heterocycles. The van der Waals surface area contributed by atoms with E-state index in [9.17, 15) is 4.79 Å². The third-order valence-electron chi connectivity index (χ3n) is 4.30. The number of aromatic nitrogens is 2. The summed E-state index contributed by atoms with van der Waals surface area (Å²) in [5.74, 6) is 1.34. The van der Waals surface area contributed by atoms with Gasteiger partial charge in [-0.3, -0.25) is 14.5 Å². The van der Waals surface area contributed by atoms with Crippen molar-refractivity contribution in [1.82, 2.24) is 20.0 Å². The van der Waals surface area contributed by atoms with Gasteiger partial charge in [-0.1, -0.05) is 0 Å². The molecule has 2 rings (SSSR count). The van der Waals surface area contributed by atoms with Gasteiger partial charge in [0.15, 0.2) is 5.96 Å². The number of nitrogens with one attached hydrogen (secondary N) is 1. The largest absolute Gasteiger partial charge is 0.469 e. The number of likely N-dealkylation sites (tertiary alicyclic amines) is 1. The van der Waals surface area contributed by atoms with Crippen LogP contribution in [-0.2, 0) is 16.6 Å². The Balaban J connectivity index is 1.83. The molecule has 0 aliphatic carbocycles. The molecule has 134 valence electrons. The van der Waals surface area contributed by atoms with Gasteiger partial charge < -0.3 is 15.0 Å². The van der Waals surface area contributed by atoms with E-state index in [2.05, 4.69) is 33.2 Å². The molecule has 1 fully saturated rings. The molecule has 1 atom stereocenters. The molecule has 7 heteroatoms. The summed E-state index contributed by atoms with van der Waals surface area (Å²) in [6.07, 6.45) is 7.36. The van der Waals surface area contributed by atoms with Crippen LogP contribution >= 0.6 is 0 Å². The van der Waals surface area contributed by atoms with Crippen LogP contribution in [0.25, 0.3) is 0 Å². The zero-order valence-electron chi connectivity index (χ0n) is 15.0. The fourth-order valence-electron chi connectivity index (χ4n) is 2.97. The van der Waals surface area contributed by atoms with Crippen molar-refractivity contribution in [3.63, 3.8) is 0 Å². The number of carbonyl (C=O) groups is 1. The average molecular weight is 335 g/mol. The number of ether oxygens (including phenoxy) is 1. The molecule has 0 radical (unpaired) electrons. The van der Waals surface area contributed by atoms with E-state index in [1.54, 1.807) is 0 Å². The van der Waals surface area contributed by atoms with Crippen molar-refractivity contribution in [3.8, 4) is 0 Å². The summed E-state index contributed by atoms with van der Waals surface area (Å²) in [5.41, 5.74) is 1.30. The van der Waals surface area contributed by atoms with Crippen LogP contribution in [0.2, 0.25) is 0 Å². The number of esters is 1. The molecule has 0 bridgehead atoms. The Morgan fingerprint density at radius 3 is 3.00 bits per heavy atom. The van der Waals surface area contributed by atoms with Crippen LogP contribution in [0, 0.1) is 0 Å². The van der Waals surface area contributed by atoms with Gasteiger partial charge >= 0.3 is 5.97 Å². The van der Waals surface area contributed by atoms with Crippen LogP contribution < -0.4 is 5.32 Å². The molecule has 0 spiro atoms. The standard InChI is InChI=1S/C17H29N5O2/c1-4-18-17(19-9-6-5-7-16(23)24-3)22-10-8-14(13-22)15-11-20-21(2)12-15/h11-12,14H,4-10,13H2,1-3H3,(H,18,19). The molecule has 1 aromatic rings. The number of hydrogen-bond donors (Lipinski definition) is 1. The lowest BCUT2D eigenvalue weighted by Gasteiger charge is -2.21. The van der Waals surface area contributed by atoms with Crippen molar-refractivity contribution in [2.24, 2.45) is 12.0 Å². The van der Waals surface area contributed by atoms with Gasteiger partial charge in [-0.25, -0.2) is 0 Å². The lowest BCUT2D eigenvalue weighted by molar-refractivity contribution is -0.140. The minimum atomic E-state index is -0.148. The Morgan fingerprint density at radius 1 is 1.50 bits per heavy atom. The minimum absolute atomic E-state index is 0.148. The Hall–Kier alpha value is -2.05. The number of nitrogens with zero attached hydrogens (tertiary/aromatic N) is 4. The SMILES string of the molecule is CCNC(=NCCCCC(=O)OC)N1CCC(c2cnn(C)c2)C1. The average Bonchev–Trinajstić information content (AvgIpc) is 3.22. The monoisotopic (exact) mass is 335 g/mol. The first-order valence-corrected chi connectivity index (χ1v) is 8.72. The summed E-state index contributed by atoms with van der Waals surface area (Å²) < 4.78 is 6.51. The van der Waals surface area contributed by atoms with E-state index in [1.807, 2.05) is 17.9 Å². The predicted molar refractivity (Wildman–Crippen MR) is 94.0 cm³/mol. The number of aliphatic imine (C=N–C) groups is 1. The van der Waals surface area contributed by atoms with Gasteiger partial charge in [0.25, 0.3) is 0 Å². The van der Waals surface area contributed by atoms with Crippen molar-refractivity contribution in [2.45, 2.75) is 38.5 Å². The summed E-state index contributed by atoms with van der Waals surface area (Å²) in [7, 11) is 3.38. The lowest BCUT2D eigenvalue weighted by atomic mass is 10.0. The number of methoxy groups -OCH3 is 1. The van der Waals surface area contributed by atoms with Gasteiger partial charge in [-0.2, -0.15) is 5.10 Å². The van der Waals surface area contributed by atoms with E-state index in [-0.39, 0.29) is 5.97 Å². The molecular weight excluding hydrogens is 306 g/mol. The molecule has 1 aliphatic heterocycles. The minimum Gasteiger partial charge on any atom is -0.469 e. The first kappa shape index (κ1) is 18.3. The Labute approximate surface area is 144 Å². The lowest BCUT2D eigenvalue weighted by Crippen LogP contribution is -2.40. The normalized spacial score (nSPS) is 18.0. The van der Waals surface area contributed by atoms with Gasteiger partial charge in [0.05, 0.1) is 13.3 Å². The maximum atomic E-state index is 11.1. The van der Waals surface area contributed by atoms with Gasteiger partial charge in [0.1, 0.15) is 0 Å². The summed E-state index contributed by atoms with van der Waals surface area (Å²) >= 11 is 0. The fraction of sp³-hybridized carbons (Fsp3) is 0.706. The van der Waals surface area contributed by atoms with Crippen molar-refractivity contribution < 1.29 is 9.53 Å². The molecule has 0 saturated carbocycles. The van der Waals surface area contributed by atoms with Crippen LogP contribution in [0.4, 0.5) is 0 Å². The highest BCUT2D eigenvalue weighted by Crippen LogP contribution is 2.26. The predicted octanol–water partition coefficient (Wildman–Crippen LogP) is 1.52. The maximum Gasteiger partial charge on any atom is 0.305 e. The van der Waals surface area contributed by atoms with Crippen LogP contribution in [0.3, 0.4) is 0 Å². The smallest absolute Gasteiger partial charge is 0.305 e. The van der Waals surface area contributed by atoms with Crippen LogP contribution in [0.15, 0.2) is 17.4 Å². The Kier molecular flexibility index (Phi) is 7.08. The van der Waals surface area contributed by atoms with Crippen LogP contribution in [0.1, 0.15) is 44.1 Å². The van der Waals surface area contributed by atoms with E-state index >= 15 is 0 Å². The fourth-order valence-corrected chi connectivity index (χ4v) is 2.97. The second kappa shape index (κ2) is 9.30. The number of aryl methyl sites for hydroxylation is 1. The molecule has 0 amide bonds.